The lowest BCUT2D eigenvalue weighted by Crippen LogP contribution is -2.39. The molecule has 3 aromatic rings. The first-order chi connectivity index (χ1) is 15.5. The van der Waals surface area contributed by atoms with E-state index in [-0.39, 0.29) is 6.54 Å². The zero-order valence-electron chi connectivity index (χ0n) is 18.6. The minimum atomic E-state index is -3.66. The summed E-state index contributed by atoms with van der Waals surface area (Å²) in [5.41, 5.74) is 7.00. The van der Waals surface area contributed by atoms with E-state index >= 15 is 0 Å². The second-order valence-corrected chi connectivity index (χ2v) is 10.4. The number of benzene rings is 2. The Balaban J connectivity index is 1.77. The molecule has 0 aliphatic rings. The van der Waals surface area contributed by atoms with Crippen molar-refractivity contribution in [2.24, 2.45) is 5.10 Å². The summed E-state index contributed by atoms with van der Waals surface area (Å²) in [4.78, 5) is 12.5. The predicted octanol–water partition coefficient (Wildman–Crippen LogP) is 4.63. The lowest BCUT2D eigenvalue weighted by molar-refractivity contribution is -0.119. The van der Waals surface area contributed by atoms with Gasteiger partial charge < -0.3 is 4.57 Å². The number of hydrogen-bond acceptors (Lipinski definition) is 4. The molecule has 0 aliphatic heterocycles. The van der Waals surface area contributed by atoms with Crippen LogP contribution in [-0.4, -0.2) is 37.9 Å². The van der Waals surface area contributed by atoms with Crippen molar-refractivity contribution in [3.8, 4) is 5.69 Å². The van der Waals surface area contributed by atoms with Gasteiger partial charge in [0.2, 0.25) is 10.0 Å². The molecule has 174 valence electrons. The summed E-state index contributed by atoms with van der Waals surface area (Å²) in [6, 6.07) is 14.2. The number of nitrogens with one attached hydrogen (secondary N) is 1. The van der Waals surface area contributed by atoms with Gasteiger partial charge in [0, 0.05) is 32.7 Å². The lowest BCUT2D eigenvalue weighted by atomic mass is 10.2. The Kier molecular flexibility index (Phi) is 7.51. The number of carbonyl (C=O) groups excluding carboxylic acids is 1. The zero-order valence-corrected chi connectivity index (χ0v) is 21.0. The largest absolute Gasteiger partial charge is 0.318 e. The molecule has 1 amide bonds. The van der Waals surface area contributed by atoms with Crippen molar-refractivity contribution in [3.63, 3.8) is 0 Å². The van der Waals surface area contributed by atoms with Gasteiger partial charge in [-0.25, -0.2) is 13.8 Å². The first-order valence-corrected chi connectivity index (χ1v) is 12.6. The van der Waals surface area contributed by atoms with E-state index in [4.69, 9.17) is 23.2 Å². The maximum absolute atomic E-state index is 12.5. The number of halogens is 2. The molecule has 0 fully saturated rings. The summed E-state index contributed by atoms with van der Waals surface area (Å²) in [5, 5.41) is 5.07. The quantitative estimate of drug-likeness (QED) is 0.374. The number of para-hydroxylation sites is 1. The molecule has 0 aliphatic carbocycles. The fraction of sp³-hybridized carbons (Fsp3) is 0.217. The molecule has 0 radical (unpaired) electrons. The zero-order chi connectivity index (χ0) is 24.3. The highest BCUT2D eigenvalue weighted by atomic mass is 35.5. The Morgan fingerprint density at radius 2 is 1.73 bits per heavy atom. The monoisotopic (exact) mass is 506 g/mol. The van der Waals surface area contributed by atoms with Crippen molar-refractivity contribution in [3.05, 3.63) is 81.1 Å². The third-order valence-electron chi connectivity index (χ3n) is 5.04. The second-order valence-electron chi connectivity index (χ2n) is 7.64. The van der Waals surface area contributed by atoms with Crippen molar-refractivity contribution in [2.75, 3.05) is 17.1 Å². The van der Waals surface area contributed by atoms with E-state index < -0.39 is 15.9 Å². The summed E-state index contributed by atoms with van der Waals surface area (Å²) in [7, 11) is -3.66. The van der Waals surface area contributed by atoms with Gasteiger partial charge in [0.15, 0.2) is 0 Å². The topological polar surface area (TPSA) is 83.8 Å². The normalized spacial score (nSPS) is 11.7. The van der Waals surface area contributed by atoms with Crippen LogP contribution in [0.1, 0.15) is 22.5 Å². The lowest BCUT2D eigenvalue weighted by Gasteiger charge is -2.23. The van der Waals surface area contributed by atoms with Gasteiger partial charge >= 0.3 is 0 Å². The number of aryl methyl sites for hydroxylation is 2. The molecule has 0 saturated heterocycles. The summed E-state index contributed by atoms with van der Waals surface area (Å²) in [6.45, 7) is 5.24. The fourth-order valence-corrected chi connectivity index (χ4v) is 4.98. The molecule has 1 N–H and O–H groups in total. The highest BCUT2D eigenvalue weighted by Gasteiger charge is 2.22. The molecule has 0 bridgehead atoms. The molecule has 0 spiro atoms. The van der Waals surface area contributed by atoms with E-state index in [1.165, 1.54) is 6.21 Å². The van der Waals surface area contributed by atoms with Gasteiger partial charge in [-0.3, -0.25) is 9.10 Å². The molecular weight excluding hydrogens is 483 g/mol. The Morgan fingerprint density at radius 1 is 1.09 bits per heavy atom. The van der Waals surface area contributed by atoms with Gasteiger partial charge in [0.25, 0.3) is 5.91 Å². The molecule has 2 aromatic carbocycles. The molecule has 1 aromatic heterocycles. The van der Waals surface area contributed by atoms with Crippen LogP contribution in [0, 0.1) is 20.8 Å². The summed E-state index contributed by atoms with van der Waals surface area (Å²) in [5.74, 6) is -0.560. The molecule has 0 atom stereocenters. The fourth-order valence-electron chi connectivity index (χ4n) is 3.55. The third-order valence-corrected chi connectivity index (χ3v) is 6.60. The van der Waals surface area contributed by atoms with E-state index in [0.29, 0.717) is 15.7 Å². The maximum atomic E-state index is 12.5. The minimum absolute atomic E-state index is 0.388. The number of amides is 1. The van der Waals surface area contributed by atoms with Crippen molar-refractivity contribution in [2.45, 2.75) is 20.8 Å². The van der Waals surface area contributed by atoms with Gasteiger partial charge in [-0.05, 0) is 56.7 Å². The van der Waals surface area contributed by atoms with Crippen LogP contribution in [0.4, 0.5) is 5.69 Å². The molecule has 7 nitrogen and oxygen atoms in total. The van der Waals surface area contributed by atoms with Crippen LogP contribution in [0.2, 0.25) is 10.0 Å². The molecule has 10 heteroatoms. The van der Waals surface area contributed by atoms with E-state index in [1.807, 2.05) is 36.6 Å². The van der Waals surface area contributed by atoms with E-state index in [1.54, 1.807) is 37.3 Å². The van der Waals surface area contributed by atoms with Gasteiger partial charge in [0.1, 0.15) is 6.54 Å². The van der Waals surface area contributed by atoms with E-state index in [0.717, 1.165) is 38.8 Å². The Bertz CT molecular complexity index is 1310. The highest BCUT2D eigenvalue weighted by molar-refractivity contribution is 7.92. The number of rotatable bonds is 7. The van der Waals surface area contributed by atoms with Gasteiger partial charge in [-0.1, -0.05) is 41.4 Å². The summed E-state index contributed by atoms with van der Waals surface area (Å²) >= 11 is 12.3. The molecule has 0 saturated carbocycles. The minimum Gasteiger partial charge on any atom is -0.318 e. The Hall–Kier alpha value is -2.81. The van der Waals surface area contributed by atoms with Crippen molar-refractivity contribution in [1.82, 2.24) is 9.99 Å². The molecule has 3 rings (SSSR count). The van der Waals surface area contributed by atoms with Crippen LogP contribution >= 0.6 is 23.2 Å². The SMILES string of the molecule is Cc1ccccc1N(CC(=O)N/N=C/c1cc(C)n(-c2cc(Cl)cc(Cl)c2)c1C)S(C)(=O)=O. The maximum Gasteiger partial charge on any atom is 0.260 e. The number of anilines is 1. The molecular formula is C23H24Cl2N4O3S. The van der Waals surface area contributed by atoms with Crippen LogP contribution < -0.4 is 9.73 Å². The first kappa shape index (κ1) is 24.8. The van der Waals surface area contributed by atoms with Gasteiger partial charge in [0.05, 0.1) is 18.2 Å². The molecule has 0 unspecified atom stereocenters. The number of aromatic nitrogens is 1. The summed E-state index contributed by atoms with van der Waals surface area (Å²) in [6.07, 6.45) is 2.58. The van der Waals surface area contributed by atoms with Crippen molar-refractivity contribution < 1.29 is 13.2 Å². The van der Waals surface area contributed by atoms with Gasteiger partial charge in [-0.2, -0.15) is 5.10 Å². The van der Waals surface area contributed by atoms with Crippen LogP contribution in [-0.2, 0) is 14.8 Å². The number of carbonyl (C=O) groups is 1. The third kappa shape index (κ3) is 5.96. The summed E-state index contributed by atoms with van der Waals surface area (Å²) < 4.78 is 27.6. The highest BCUT2D eigenvalue weighted by Crippen LogP contribution is 2.26. The number of nitrogens with zero attached hydrogens (tertiary/aromatic N) is 3. The van der Waals surface area contributed by atoms with Crippen LogP contribution in [0.25, 0.3) is 5.69 Å². The van der Waals surface area contributed by atoms with E-state index in [2.05, 4.69) is 10.5 Å². The van der Waals surface area contributed by atoms with Crippen LogP contribution in [0.3, 0.4) is 0 Å². The standard InChI is InChI=1S/C23H24Cl2N4O3S/c1-15-7-5-6-8-22(15)28(33(4,31)32)14-23(30)27-26-13-18-9-16(2)29(17(18)3)21-11-19(24)10-20(25)12-21/h5-13H,14H2,1-4H3,(H,27,30)/b26-13+. The molecule has 33 heavy (non-hydrogen) atoms. The van der Waals surface area contributed by atoms with E-state index in [9.17, 15) is 13.2 Å². The smallest absolute Gasteiger partial charge is 0.260 e. The van der Waals surface area contributed by atoms with Crippen molar-refractivity contribution in [1.29, 1.82) is 0 Å². The Morgan fingerprint density at radius 3 is 2.33 bits per heavy atom. The van der Waals surface area contributed by atoms with Gasteiger partial charge in [-0.15, -0.1) is 0 Å². The predicted molar refractivity (Wildman–Crippen MR) is 134 cm³/mol. The van der Waals surface area contributed by atoms with Crippen LogP contribution in [0.15, 0.2) is 53.6 Å². The molecule has 1 heterocycles. The average molecular weight is 507 g/mol. The van der Waals surface area contributed by atoms with Crippen LogP contribution in [0.5, 0.6) is 0 Å². The number of sulfonamides is 1. The average Bonchev–Trinajstić information content (AvgIpc) is 2.98. The first-order valence-electron chi connectivity index (χ1n) is 9.98. The Labute approximate surface area is 203 Å². The second kappa shape index (κ2) is 9.99. The van der Waals surface area contributed by atoms with Crippen molar-refractivity contribution >= 4 is 51.0 Å². The number of hydrogen-bond donors (Lipinski definition) is 1. The number of hydrazone groups is 1.